The van der Waals surface area contributed by atoms with Gasteiger partial charge in [0, 0.05) is 18.2 Å². The molecule has 2 atom stereocenters. The van der Waals surface area contributed by atoms with Crippen LogP contribution in [0.5, 0.6) is 0 Å². The Bertz CT molecular complexity index is 381. The summed E-state index contributed by atoms with van der Waals surface area (Å²) in [6.45, 7) is 2.04. The lowest BCUT2D eigenvalue weighted by Gasteiger charge is -2.14. The average molecular weight is 254 g/mol. The Labute approximate surface area is 104 Å². The van der Waals surface area contributed by atoms with Gasteiger partial charge in [-0.05, 0) is 12.0 Å². The van der Waals surface area contributed by atoms with Crippen LogP contribution in [0, 0.1) is 0 Å². The lowest BCUT2D eigenvalue weighted by molar-refractivity contribution is -0.121. The van der Waals surface area contributed by atoms with Gasteiger partial charge in [-0.1, -0.05) is 48.3 Å². The van der Waals surface area contributed by atoms with Gasteiger partial charge in [-0.25, -0.2) is 0 Å². The minimum absolute atomic E-state index is 0.0188. The number of benzene rings is 1. The number of hydrogen-bond donors (Lipinski definition) is 1. The summed E-state index contributed by atoms with van der Waals surface area (Å²) in [7, 11) is 0. The fourth-order valence-corrected chi connectivity index (χ4v) is 1.68. The molecule has 0 heterocycles. The van der Waals surface area contributed by atoms with Crippen LogP contribution in [-0.4, -0.2) is 26.5 Å². The van der Waals surface area contributed by atoms with Crippen molar-refractivity contribution in [1.29, 1.82) is 0 Å². The van der Waals surface area contributed by atoms with E-state index in [1.807, 2.05) is 30.3 Å². The van der Waals surface area contributed by atoms with Crippen LogP contribution in [0.3, 0.4) is 0 Å². The number of hydrogen-bond acceptors (Lipinski definition) is 3. The maximum Gasteiger partial charge on any atom is 0.221 e. The average Bonchev–Trinajstić information content (AvgIpc) is 2.30. The molecule has 0 spiro atoms. The van der Waals surface area contributed by atoms with Gasteiger partial charge in [0.2, 0.25) is 5.91 Å². The van der Waals surface area contributed by atoms with Crippen molar-refractivity contribution in [3.63, 3.8) is 0 Å². The Balaban J connectivity index is 2.23. The number of nitrogens with one attached hydrogen (secondary N) is 1. The van der Waals surface area contributed by atoms with Crippen molar-refractivity contribution < 1.29 is 13.6 Å². The Hall–Kier alpha value is -1.20. The normalized spacial score (nSPS) is 14.0. The molecule has 1 aromatic rings. The minimum atomic E-state index is -2.18. The Morgan fingerprint density at radius 3 is 2.65 bits per heavy atom. The Morgan fingerprint density at radius 1 is 1.41 bits per heavy atom. The van der Waals surface area contributed by atoms with E-state index in [9.17, 15) is 13.6 Å². The van der Waals surface area contributed by atoms with Gasteiger partial charge in [0.15, 0.2) is 0 Å². The topological polar surface area (TPSA) is 69.2 Å². The molecule has 0 saturated carbocycles. The summed E-state index contributed by atoms with van der Waals surface area (Å²) in [6, 6.07) is 9.80. The molecule has 4 nitrogen and oxygen atoms in total. The summed E-state index contributed by atoms with van der Waals surface area (Å²) >= 11 is -2.18. The number of carbonyl (C=O) groups is 1. The Morgan fingerprint density at radius 2 is 2.06 bits per heavy atom. The molecule has 2 unspecified atom stereocenters. The highest BCUT2D eigenvalue weighted by Crippen LogP contribution is 2.00. The van der Waals surface area contributed by atoms with Gasteiger partial charge in [-0.15, -0.1) is 0 Å². The van der Waals surface area contributed by atoms with Crippen molar-refractivity contribution in [3.05, 3.63) is 35.9 Å². The van der Waals surface area contributed by atoms with E-state index in [-0.39, 0.29) is 12.3 Å². The quantitative estimate of drug-likeness (QED) is 0.770. The first-order chi connectivity index (χ1) is 8.09. The summed E-state index contributed by atoms with van der Waals surface area (Å²) in [5.74, 6) is -0.224. The fourth-order valence-electron chi connectivity index (χ4n) is 1.39. The first-order valence-corrected chi connectivity index (χ1v) is 6.62. The maximum absolute atomic E-state index is 11.4. The summed E-state index contributed by atoms with van der Waals surface area (Å²) in [6.07, 6.45) is 0.770. The van der Waals surface area contributed by atoms with E-state index < -0.39 is 16.3 Å². The number of rotatable bonds is 6. The van der Waals surface area contributed by atoms with E-state index in [1.54, 1.807) is 0 Å². The highest BCUT2D eigenvalue weighted by atomic mass is 32.2. The third-order valence-corrected chi connectivity index (χ3v) is 3.20. The van der Waals surface area contributed by atoms with Crippen LogP contribution in [0.2, 0.25) is 0 Å². The second-order valence-electron chi connectivity index (χ2n) is 3.86. The molecule has 17 heavy (non-hydrogen) atoms. The van der Waals surface area contributed by atoms with Crippen molar-refractivity contribution in [2.24, 2.45) is 0 Å². The third kappa shape index (κ3) is 5.60. The molecular formula is C12H16NO3S-. The van der Waals surface area contributed by atoms with Gasteiger partial charge in [-0.3, -0.25) is 9.00 Å². The molecule has 0 aliphatic heterocycles. The lowest BCUT2D eigenvalue weighted by atomic mass is 10.1. The standard InChI is InChI=1S/C12H17NO3S/c1-10(17(15)16)9-12(14)13-8-7-11-5-3-2-4-6-11/h2-6,10H,7-9H2,1H3,(H,13,14)(H,15,16)/p-1. The molecule has 0 aliphatic carbocycles. The van der Waals surface area contributed by atoms with Crippen LogP contribution in [0.4, 0.5) is 0 Å². The van der Waals surface area contributed by atoms with Crippen LogP contribution in [0.25, 0.3) is 0 Å². The van der Waals surface area contributed by atoms with Gasteiger partial charge >= 0.3 is 0 Å². The molecular weight excluding hydrogens is 238 g/mol. The molecule has 1 amide bonds. The molecule has 1 N–H and O–H groups in total. The highest BCUT2D eigenvalue weighted by Gasteiger charge is 2.08. The molecule has 1 rings (SSSR count). The molecule has 1 aromatic carbocycles. The van der Waals surface area contributed by atoms with Crippen molar-refractivity contribution in [2.45, 2.75) is 25.0 Å². The van der Waals surface area contributed by atoms with Crippen LogP contribution in [0.15, 0.2) is 30.3 Å². The molecule has 0 radical (unpaired) electrons. The first-order valence-electron chi connectivity index (χ1n) is 5.48. The first kappa shape index (κ1) is 13.9. The van der Waals surface area contributed by atoms with Crippen LogP contribution in [-0.2, 0) is 22.3 Å². The van der Waals surface area contributed by atoms with Crippen molar-refractivity contribution in [3.8, 4) is 0 Å². The molecule has 0 fully saturated rings. The zero-order valence-electron chi connectivity index (χ0n) is 9.72. The SMILES string of the molecule is CC(CC(=O)NCCc1ccccc1)S(=O)[O-]. The molecule has 0 aromatic heterocycles. The van der Waals surface area contributed by atoms with Crippen molar-refractivity contribution in [1.82, 2.24) is 5.32 Å². The zero-order valence-corrected chi connectivity index (χ0v) is 10.5. The van der Waals surface area contributed by atoms with Crippen molar-refractivity contribution in [2.75, 3.05) is 6.54 Å². The highest BCUT2D eigenvalue weighted by molar-refractivity contribution is 7.79. The second kappa shape index (κ2) is 7.19. The van der Waals surface area contributed by atoms with Gasteiger partial charge < -0.3 is 9.87 Å². The van der Waals surface area contributed by atoms with E-state index in [0.717, 1.165) is 12.0 Å². The number of amides is 1. The zero-order chi connectivity index (χ0) is 12.7. The minimum Gasteiger partial charge on any atom is -0.772 e. The lowest BCUT2D eigenvalue weighted by Crippen LogP contribution is -2.29. The van der Waals surface area contributed by atoms with Gasteiger partial charge in [0.25, 0.3) is 0 Å². The van der Waals surface area contributed by atoms with Crippen LogP contribution >= 0.6 is 0 Å². The summed E-state index contributed by atoms with van der Waals surface area (Å²) < 4.78 is 21.1. The predicted molar refractivity (Wildman–Crippen MR) is 66.2 cm³/mol. The molecule has 94 valence electrons. The fraction of sp³-hybridized carbons (Fsp3) is 0.417. The van der Waals surface area contributed by atoms with E-state index in [1.165, 1.54) is 6.92 Å². The summed E-state index contributed by atoms with van der Waals surface area (Å²) in [5.41, 5.74) is 1.15. The maximum atomic E-state index is 11.4. The van der Waals surface area contributed by atoms with E-state index in [0.29, 0.717) is 6.54 Å². The third-order valence-electron chi connectivity index (χ3n) is 2.38. The van der Waals surface area contributed by atoms with Gasteiger partial charge in [0.1, 0.15) is 0 Å². The molecule has 5 heteroatoms. The molecule has 0 saturated heterocycles. The Kier molecular flexibility index (Phi) is 5.86. The van der Waals surface area contributed by atoms with Gasteiger partial charge in [-0.2, -0.15) is 0 Å². The molecule has 0 aliphatic rings. The van der Waals surface area contributed by atoms with E-state index >= 15 is 0 Å². The van der Waals surface area contributed by atoms with E-state index in [2.05, 4.69) is 5.32 Å². The summed E-state index contributed by atoms with van der Waals surface area (Å²) in [5, 5.41) is 2.07. The summed E-state index contributed by atoms with van der Waals surface area (Å²) in [4.78, 5) is 11.4. The molecule has 0 bridgehead atoms. The van der Waals surface area contributed by atoms with Gasteiger partial charge in [0.05, 0.1) is 0 Å². The monoisotopic (exact) mass is 254 g/mol. The number of carbonyl (C=O) groups excluding carboxylic acids is 1. The van der Waals surface area contributed by atoms with E-state index in [4.69, 9.17) is 0 Å². The van der Waals surface area contributed by atoms with Crippen LogP contribution in [0.1, 0.15) is 18.9 Å². The smallest absolute Gasteiger partial charge is 0.221 e. The second-order valence-corrected chi connectivity index (χ2v) is 5.19. The largest absolute Gasteiger partial charge is 0.772 e. The van der Waals surface area contributed by atoms with Crippen molar-refractivity contribution >= 4 is 17.0 Å². The predicted octanol–water partition coefficient (Wildman–Crippen LogP) is 1.00. The van der Waals surface area contributed by atoms with Crippen LogP contribution < -0.4 is 5.32 Å².